The molecule has 1 aliphatic heterocycles. The molecule has 0 atom stereocenters. The van der Waals surface area contributed by atoms with Gasteiger partial charge in [0, 0.05) is 38.3 Å². The van der Waals surface area contributed by atoms with Gasteiger partial charge in [-0.25, -0.2) is 23.3 Å². The maximum absolute atomic E-state index is 13.5. The molecule has 0 bridgehead atoms. The van der Waals surface area contributed by atoms with Gasteiger partial charge in [-0.05, 0) is 7.05 Å². The van der Waals surface area contributed by atoms with Crippen molar-refractivity contribution in [3.63, 3.8) is 0 Å². The largest absolute Gasteiger partial charge is 0.351 e. The van der Waals surface area contributed by atoms with E-state index in [1.165, 1.54) is 10.8 Å². The highest BCUT2D eigenvalue weighted by atomic mass is 19.2. The molecule has 1 saturated heterocycles. The van der Waals surface area contributed by atoms with E-state index in [2.05, 4.69) is 31.9 Å². The van der Waals surface area contributed by atoms with Gasteiger partial charge in [-0.2, -0.15) is 5.10 Å². The number of likely N-dealkylation sites (N-methyl/N-ethyl adjacent to an activating group) is 1. The van der Waals surface area contributed by atoms with E-state index >= 15 is 0 Å². The highest BCUT2D eigenvalue weighted by molar-refractivity contribution is 5.82. The number of benzene rings is 1. The van der Waals surface area contributed by atoms with Gasteiger partial charge >= 0.3 is 0 Å². The Balaban J connectivity index is 1.93. The summed E-state index contributed by atoms with van der Waals surface area (Å²) < 4.78 is 28.5. The molecule has 0 radical (unpaired) electrons. The Labute approximate surface area is 125 Å². The summed E-state index contributed by atoms with van der Waals surface area (Å²) in [4.78, 5) is 13.1. The summed E-state index contributed by atoms with van der Waals surface area (Å²) in [5, 5.41) is 4.13. The van der Waals surface area contributed by atoms with Crippen molar-refractivity contribution in [2.24, 2.45) is 0 Å². The minimum Gasteiger partial charge on any atom is -0.351 e. The lowest BCUT2D eigenvalue weighted by Crippen LogP contribution is -2.45. The monoisotopic (exact) mass is 304 g/mol. The summed E-state index contributed by atoms with van der Waals surface area (Å²) >= 11 is 0. The van der Waals surface area contributed by atoms with Gasteiger partial charge < -0.3 is 9.80 Å². The zero-order chi connectivity index (χ0) is 15.3. The number of aromatic nitrogens is 4. The fourth-order valence-electron chi connectivity index (χ4n) is 2.75. The lowest BCUT2D eigenvalue weighted by atomic mass is 10.2. The normalized spacial score (nSPS) is 16.8. The molecule has 0 aliphatic carbocycles. The second-order valence-electron chi connectivity index (χ2n) is 5.48. The van der Waals surface area contributed by atoms with E-state index in [4.69, 9.17) is 0 Å². The summed E-state index contributed by atoms with van der Waals surface area (Å²) in [5.74, 6) is -1.17. The molecule has 2 aromatic heterocycles. The van der Waals surface area contributed by atoms with E-state index in [9.17, 15) is 8.78 Å². The highest BCUT2D eigenvalue weighted by Gasteiger charge is 2.21. The van der Waals surface area contributed by atoms with E-state index in [0.717, 1.165) is 38.3 Å². The number of halogens is 2. The van der Waals surface area contributed by atoms with Crippen molar-refractivity contribution in [2.75, 3.05) is 38.1 Å². The van der Waals surface area contributed by atoms with Crippen molar-refractivity contribution in [1.29, 1.82) is 0 Å². The van der Waals surface area contributed by atoms with Crippen LogP contribution in [0.3, 0.4) is 0 Å². The van der Waals surface area contributed by atoms with Gasteiger partial charge in [-0.3, -0.25) is 0 Å². The molecule has 4 rings (SSSR count). The van der Waals surface area contributed by atoms with Crippen LogP contribution in [0.4, 0.5) is 14.6 Å². The molecule has 0 saturated carbocycles. The number of rotatable bonds is 1. The van der Waals surface area contributed by atoms with Crippen LogP contribution in [0.1, 0.15) is 0 Å². The Bertz CT molecular complexity index is 853. The molecule has 3 aromatic rings. The van der Waals surface area contributed by atoms with Crippen LogP contribution >= 0.6 is 0 Å². The van der Waals surface area contributed by atoms with E-state index in [-0.39, 0.29) is 0 Å². The number of piperazine rings is 1. The van der Waals surface area contributed by atoms with Gasteiger partial charge in [-0.1, -0.05) is 0 Å². The molecule has 6 nitrogen and oxygen atoms in total. The maximum Gasteiger partial charge on any atom is 0.199 e. The molecule has 1 aromatic carbocycles. The minimum absolute atomic E-state index is 0.367. The summed E-state index contributed by atoms with van der Waals surface area (Å²) in [6, 6.07) is 2.21. The molecule has 114 valence electrons. The predicted molar refractivity (Wildman–Crippen MR) is 77.9 cm³/mol. The van der Waals surface area contributed by atoms with Gasteiger partial charge in [-0.15, -0.1) is 0 Å². The molecule has 3 heterocycles. The molecule has 0 unspecified atom stereocenters. The van der Waals surface area contributed by atoms with Crippen LogP contribution in [0.2, 0.25) is 0 Å². The van der Waals surface area contributed by atoms with Crippen LogP contribution in [0.5, 0.6) is 0 Å². The van der Waals surface area contributed by atoms with Gasteiger partial charge in [0.2, 0.25) is 0 Å². The smallest absolute Gasteiger partial charge is 0.199 e. The van der Waals surface area contributed by atoms with Gasteiger partial charge in [0.15, 0.2) is 23.1 Å². The number of hydrogen-bond donors (Lipinski definition) is 0. The van der Waals surface area contributed by atoms with Crippen LogP contribution in [-0.4, -0.2) is 57.7 Å². The first-order chi connectivity index (χ1) is 10.6. The third-order valence-corrected chi connectivity index (χ3v) is 4.02. The average Bonchev–Trinajstić information content (AvgIpc) is 2.99. The summed E-state index contributed by atoms with van der Waals surface area (Å²) in [6.07, 6.45) is 1.40. The molecule has 1 aliphatic rings. The van der Waals surface area contributed by atoms with E-state index in [0.29, 0.717) is 22.5 Å². The van der Waals surface area contributed by atoms with Crippen LogP contribution in [0.15, 0.2) is 18.5 Å². The van der Waals surface area contributed by atoms with Crippen LogP contribution < -0.4 is 4.90 Å². The van der Waals surface area contributed by atoms with Gasteiger partial charge in [0.1, 0.15) is 6.33 Å². The fourth-order valence-corrected chi connectivity index (χ4v) is 2.75. The Hall–Kier alpha value is -2.35. The topological polar surface area (TPSA) is 49.6 Å². The van der Waals surface area contributed by atoms with Crippen LogP contribution in [-0.2, 0) is 0 Å². The first-order valence-electron chi connectivity index (χ1n) is 7.05. The SMILES string of the molecule is CN1CCN(c2nc3cc(F)c(F)cc3n3ncnc23)CC1. The molecule has 0 amide bonds. The standard InChI is InChI=1S/C14H14F2N6/c1-20-2-4-21(5-3-20)14-13-17-8-18-22(13)12-7-10(16)9(15)6-11(12)19-14/h6-8H,2-5H2,1H3. The second-order valence-corrected chi connectivity index (χ2v) is 5.48. The fraction of sp³-hybridized carbons (Fsp3) is 0.357. The summed E-state index contributed by atoms with van der Waals surface area (Å²) in [7, 11) is 2.07. The van der Waals surface area contributed by atoms with E-state index < -0.39 is 11.6 Å². The van der Waals surface area contributed by atoms with Crippen molar-refractivity contribution in [3.05, 3.63) is 30.1 Å². The lowest BCUT2D eigenvalue weighted by molar-refractivity contribution is 0.312. The number of fused-ring (bicyclic) bond motifs is 3. The zero-order valence-corrected chi connectivity index (χ0v) is 12.0. The Morgan fingerprint density at radius 2 is 1.77 bits per heavy atom. The van der Waals surface area contributed by atoms with Crippen molar-refractivity contribution >= 4 is 22.5 Å². The Morgan fingerprint density at radius 3 is 2.55 bits per heavy atom. The quantitative estimate of drug-likeness (QED) is 0.678. The number of anilines is 1. The zero-order valence-electron chi connectivity index (χ0n) is 12.0. The summed E-state index contributed by atoms with van der Waals surface area (Å²) in [6.45, 7) is 3.44. The Morgan fingerprint density at radius 1 is 1.05 bits per heavy atom. The minimum atomic E-state index is -0.918. The number of nitrogens with zero attached hydrogens (tertiary/aromatic N) is 6. The van der Waals surface area contributed by atoms with Crippen LogP contribution in [0, 0.1) is 11.6 Å². The molecular formula is C14H14F2N6. The Kier molecular flexibility index (Phi) is 2.93. The second kappa shape index (κ2) is 4.84. The molecule has 22 heavy (non-hydrogen) atoms. The molecule has 1 fully saturated rings. The van der Waals surface area contributed by atoms with Crippen LogP contribution in [0.25, 0.3) is 16.7 Å². The van der Waals surface area contributed by atoms with Gasteiger partial charge in [0.05, 0.1) is 11.0 Å². The number of hydrogen-bond acceptors (Lipinski definition) is 5. The van der Waals surface area contributed by atoms with Crippen molar-refractivity contribution in [2.45, 2.75) is 0 Å². The third kappa shape index (κ3) is 1.98. The predicted octanol–water partition coefficient (Wildman–Crippen LogP) is 1.31. The lowest BCUT2D eigenvalue weighted by Gasteiger charge is -2.33. The first kappa shape index (κ1) is 13.3. The van der Waals surface area contributed by atoms with Crippen molar-refractivity contribution < 1.29 is 8.78 Å². The summed E-state index contributed by atoms with van der Waals surface area (Å²) in [5.41, 5.74) is 1.33. The molecule has 8 heteroatoms. The van der Waals surface area contributed by atoms with E-state index in [1.807, 2.05) is 0 Å². The van der Waals surface area contributed by atoms with Gasteiger partial charge in [0.25, 0.3) is 0 Å². The van der Waals surface area contributed by atoms with Crippen molar-refractivity contribution in [3.8, 4) is 0 Å². The molecular weight excluding hydrogens is 290 g/mol. The highest BCUT2D eigenvalue weighted by Crippen LogP contribution is 2.25. The molecule has 0 N–H and O–H groups in total. The van der Waals surface area contributed by atoms with Crippen molar-refractivity contribution in [1.82, 2.24) is 24.5 Å². The first-order valence-corrected chi connectivity index (χ1v) is 7.05. The maximum atomic E-state index is 13.5. The van der Waals surface area contributed by atoms with E-state index in [1.54, 1.807) is 0 Å². The average molecular weight is 304 g/mol. The third-order valence-electron chi connectivity index (χ3n) is 4.02. The molecule has 0 spiro atoms.